The number of ether oxygens (including phenoxy) is 1. The van der Waals surface area contributed by atoms with E-state index in [1.54, 1.807) is 0 Å². The highest BCUT2D eigenvalue weighted by Gasteiger charge is 2.35. The smallest absolute Gasteiger partial charge is 0.325 e. The van der Waals surface area contributed by atoms with E-state index in [0.717, 1.165) is 24.1 Å². The summed E-state index contributed by atoms with van der Waals surface area (Å²) in [6.45, 7) is 9.37. The highest BCUT2D eigenvalue weighted by atomic mass is 32.2. The van der Waals surface area contributed by atoms with Crippen LogP contribution in [-0.2, 0) is 9.53 Å². The number of hydrogen-bond donors (Lipinski definition) is 1. The van der Waals surface area contributed by atoms with Crippen LogP contribution in [0.25, 0.3) is 0 Å². The van der Waals surface area contributed by atoms with Crippen LogP contribution in [0.1, 0.15) is 59.8 Å². The average Bonchev–Trinajstić information content (AvgIpc) is 2.37. The Bertz CT molecular complexity index is 311. The van der Waals surface area contributed by atoms with E-state index in [1.807, 2.05) is 13.8 Å². The molecule has 0 aliphatic heterocycles. The molecule has 1 saturated carbocycles. The van der Waals surface area contributed by atoms with E-state index in [2.05, 4.69) is 30.9 Å². The lowest BCUT2D eigenvalue weighted by molar-refractivity contribution is -0.148. The minimum atomic E-state index is -0.559. The summed E-state index contributed by atoms with van der Waals surface area (Å²) < 4.78 is 4.97. The molecule has 0 saturated heterocycles. The van der Waals surface area contributed by atoms with Crippen molar-refractivity contribution in [2.24, 2.45) is 5.92 Å². The van der Waals surface area contributed by atoms with Crippen molar-refractivity contribution >= 4 is 17.7 Å². The van der Waals surface area contributed by atoms with Gasteiger partial charge in [-0.2, -0.15) is 11.8 Å². The molecule has 0 aromatic carbocycles. The fourth-order valence-electron chi connectivity index (χ4n) is 3.30. The van der Waals surface area contributed by atoms with Gasteiger partial charge in [0.15, 0.2) is 0 Å². The highest BCUT2D eigenvalue weighted by molar-refractivity contribution is 8.00. The van der Waals surface area contributed by atoms with Crippen molar-refractivity contribution in [1.29, 1.82) is 0 Å². The third-order valence-electron chi connectivity index (χ3n) is 4.21. The Kier molecular flexibility index (Phi) is 7.38. The van der Waals surface area contributed by atoms with Crippen LogP contribution in [0.2, 0.25) is 0 Å². The number of carbonyl (C=O) groups is 1. The lowest BCUT2D eigenvalue weighted by Crippen LogP contribution is -2.51. The molecule has 118 valence electrons. The van der Waals surface area contributed by atoms with Crippen LogP contribution in [0.15, 0.2) is 0 Å². The molecule has 4 heteroatoms. The number of likely N-dealkylation sites (N-methyl/N-ethyl adjacent to an activating group) is 1. The normalized spacial score (nSPS) is 27.6. The zero-order chi connectivity index (χ0) is 15.2. The minimum absolute atomic E-state index is 0.149. The Morgan fingerprint density at radius 1 is 1.50 bits per heavy atom. The van der Waals surface area contributed by atoms with E-state index in [4.69, 9.17) is 4.74 Å². The molecule has 0 bridgehead atoms. The minimum Gasteiger partial charge on any atom is -0.468 e. The van der Waals surface area contributed by atoms with Gasteiger partial charge in [0, 0.05) is 10.5 Å². The second kappa shape index (κ2) is 8.28. The molecule has 4 unspecified atom stereocenters. The zero-order valence-electron chi connectivity index (χ0n) is 13.7. The van der Waals surface area contributed by atoms with Crippen LogP contribution in [0.3, 0.4) is 0 Å². The van der Waals surface area contributed by atoms with E-state index in [-0.39, 0.29) is 5.97 Å². The number of nitrogens with one attached hydrogen (secondary N) is 1. The molecular weight excluding hydrogens is 270 g/mol. The number of carbonyl (C=O) groups excluding carboxylic acids is 1. The predicted molar refractivity (Wildman–Crippen MR) is 87.2 cm³/mol. The second-order valence-corrected chi connectivity index (χ2v) is 8.14. The third-order valence-corrected chi connectivity index (χ3v) is 5.66. The molecule has 0 spiro atoms. The van der Waals surface area contributed by atoms with Crippen LogP contribution in [0.5, 0.6) is 0 Å². The van der Waals surface area contributed by atoms with Gasteiger partial charge < -0.3 is 10.1 Å². The topological polar surface area (TPSA) is 38.3 Å². The van der Waals surface area contributed by atoms with Gasteiger partial charge in [0.05, 0.1) is 7.11 Å². The first-order valence-electron chi connectivity index (χ1n) is 7.90. The molecule has 1 rings (SSSR count). The second-order valence-electron chi connectivity index (χ2n) is 6.40. The van der Waals surface area contributed by atoms with Crippen LogP contribution in [-0.4, -0.2) is 35.7 Å². The summed E-state index contributed by atoms with van der Waals surface area (Å²) in [5.74, 6) is 0.706. The summed E-state index contributed by atoms with van der Waals surface area (Å²) in [5, 5.41) is 4.53. The first-order chi connectivity index (χ1) is 9.41. The zero-order valence-corrected chi connectivity index (χ0v) is 14.5. The van der Waals surface area contributed by atoms with Gasteiger partial charge >= 0.3 is 5.97 Å². The Morgan fingerprint density at radius 2 is 2.20 bits per heavy atom. The summed E-state index contributed by atoms with van der Waals surface area (Å²) in [5.41, 5.74) is -0.559. The molecule has 0 aromatic rings. The molecule has 3 nitrogen and oxygen atoms in total. The van der Waals surface area contributed by atoms with Crippen LogP contribution in [0, 0.1) is 5.92 Å². The predicted octanol–water partition coefficient (Wildman–Crippen LogP) is 3.62. The summed E-state index contributed by atoms with van der Waals surface area (Å²) >= 11 is 2.06. The Labute approximate surface area is 128 Å². The molecule has 20 heavy (non-hydrogen) atoms. The molecule has 1 aliphatic rings. The number of methoxy groups -OCH3 is 1. The average molecular weight is 301 g/mol. The van der Waals surface area contributed by atoms with Crippen LogP contribution < -0.4 is 5.32 Å². The maximum absolute atomic E-state index is 12.0. The van der Waals surface area contributed by atoms with E-state index in [0.29, 0.717) is 5.25 Å². The maximum Gasteiger partial charge on any atom is 0.325 e. The number of thioether (sulfide) groups is 1. The summed E-state index contributed by atoms with van der Waals surface area (Å²) in [7, 11) is 1.47. The van der Waals surface area contributed by atoms with Crippen molar-refractivity contribution in [3.05, 3.63) is 0 Å². The SMILES string of the molecule is CCNC(C)(CC(C)SC1CCCC(C)C1)C(=O)OC. The van der Waals surface area contributed by atoms with Crippen LogP contribution >= 0.6 is 11.8 Å². The van der Waals surface area contributed by atoms with Gasteiger partial charge in [-0.15, -0.1) is 0 Å². The van der Waals surface area contributed by atoms with Gasteiger partial charge in [0.25, 0.3) is 0 Å². The third kappa shape index (κ3) is 5.28. The summed E-state index contributed by atoms with van der Waals surface area (Å²) in [6, 6.07) is 0. The summed E-state index contributed by atoms with van der Waals surface area (Å²) in [4.78, 5) is 12.0. The molecule has 0 aromatic heterocycles. The lowest BCUT2D eigenvalue weighted by Gasteiger charge is -2.33. The fourth-order valence-corrected chi connectivity index (χ4v) is 5.13. The van der Waals surface area contributed by atoms with Crippen molar-refractivity contribution in [2.45, 2.75) is 75.8 Å². The number of esters is 1. The standard InChI is InChI=1S/C16H31NO2S/c1-6-17-16(4,15(18)19-5)11-13(3)20-14-9-7-8-12(2)10-14/h12-14,17H,6-11H2,1-5H3. The van der Waals surface area contributed by atoms with Crippen molar-refractivity contribution in [1.82, 2.24) is 5.32 Å². The molecular formula is C16H31NO2S. The van der Waals surface area contributed by atoms with Crippen molar-refractivity contribution in [3.8, 4) is 0 Å². The molecule has 4 atom stereocenters. The maximum atomic E-state index is 12.0. The number of hydrogen-bond acceptors (Lipinski definition) is 4. The van der Waals surface area contributed by atoms with E-state index >= 15 is 0 Å². The number of rotatable bonds is 7. The first-order valence-corrected chi connectivity index (χ1v) is 8.84. The highest BCUT2D eigenvalue weighted by Crippen LogP contribution is 2.36. The summed E-state index contributed by atoms with van der Waals surface area (Å²) in [6.07, 6.45) is 6.21. The molecule has 0 amide bonds. The van der Waals surface area contributed by atoms with Crippen LogP contribution in [0.4, 0.5) is 0 Å². The van der Waals surface area contributed by atoms with Gasteiger partial charge in [-0.05, 0) is 38.6 Å². The Hall–Kier alpha value is -0.220. The monoisotopic (exact) mass is 301 g/mol. The van der Waals surface area contributed by atoms with Gasteiger partial charge in [-0.25, -0.2) is 0 Å². The fraction of sp³-hybridized carbons (Fsp3) is 0.938. The molecule has 1 fully saturated rings. The van der Waals surface area contributed by atoms with Crippen molar-refractivity contribution < 1.29 is 9.53 Å². The molecule has 0 radical (unpaired) electrons. The molecule has 1 aliphatic carbocycles. The Morgan fingerprint density at radius 3 is 2.75 bits per heavy atom. The van der Waals surface area contributed by atoms with E-state index in [9.17, 15) is 4.79 Å². The van der Waals surface area contributed by atoms with Gasteiger partial charge in [-0.1, -0.05) is 33.6 Å². The molecule has 0 heterocycles. The van der Waals surface area contributed by atoms with Gasteiger partial charge in [0.2, 0.25) is 0 Å². The van der Waals surface area contributed by atoms with Crippen molar-refractivity contribution in [2.75, 3.05) is 13.7 Å². The first kappa shape index (κ1) is 17.8. The molecule has 1 N–H and O–H groups in total. The van der Waals surface area contributed by atoms with Gasteiger partial charge in [-0.3, -0.25) is 4.79 Å². The van der Waals surface area contributed by atoms with E-state index in [1.165, 1.54) is 32.8 Å². The largest absolute Gasteiger partial charge is 0.468 e. The van der Waals surface area contributed by atoms with Gasteiger partial charge in [0.1, 0.15) is 5.54 Å². The lowest BCUT2D eigenvalue weighted by atomic mass is 9.90. The van der Waals surface area contributed by atoms with E-state index < -0.39 is 5.54 Å². The Balaban J connectivity index is 2.53. The quantitative estimate of drug-likeness (QED) is 0.729. The van der Waals surface area contributed by atoms with Crippen molar-refractivity contribution in [3.63, 3.8) is 0 Å².